The zero-order valence-corrected chi connectivity index (χ0v) is 12.1. The molecule has 2 saturated heterocycles. The average molecular weight is 286 g/mol. The molecule has 2 fully saturated rings. The van der Waals surface area contributed by atoms with Gasteiger partial charge in [0.2, 0.25) is 0 Å². The summed E-state index contributed by atoms with van der Waals surface area (Å²) in [5, 5.41) is 8.58. The zero-order valence-electron chi connectivity index (χ0n) is 12.1. The maximum Gasteiger partial charge on any atom is 0.305 e. The summed E-state index contributed by atoms with van der Waals surface area (Å²) in [6.07, 6.45) is 2.39. The van der Waals surface area contributed by atoms with Crippen LogP contribution in [0, 0.1) is 0 Å². The first-order chi connectivity index (χ1) is 9.74. The Morgan fingerprint density at radius 1 is 1.10 bits per heavy atom. The molecule has 0 aliphatic carbocycles. The van der Waals surface area contributed by atoms with Gasteiger partial charge in [0, 0.05) is 39.3 Å². The van der Waals surface area contributed by atoms with Crippen molar-refractivity contribution in [2.75, 3.05) is 59.1 Å². The molecule has 0 radical (unpaired) electrons. The molecular weight excluding hydrogens is 260 g/mol. The van der Waals surface area contributed by atoms with E-state index in [9.17, 15) is 4.79 Å². The van der Waals surface area contributed by atoms with Crippen LogP contribution in [0.3, 0.4) is 0 Å². The van der Waals surface area contributed by atoms with Gasteiger partial charge in [0.05, 0.1) is 32.3 Å². The minimum Gasteiger partial charge on any atom is -0.481 e. The summed E-state index contributed by atoms with van der Waals surface area (Å²) in [4.78, 5) is 15.4. The van der Waals surface area contributed by atoms with Gasteiger partial charge in [-0.25, -0.2) is 0 Å². The molecule has 0 atom stereocenters. The lowest BCUT2D eigenvalue weighted by Crippen LogP contribution is -2.44. The normalized spacial score (nSPS) is 23.0. The molecule has 0 aromatic heterocycles. The molecule has 1 N–H and O–H groups in total. The van der Waals surface area contributed by atoms with E-state index in [2.05, 4.69) is 9.80 Å². The molecule has 0 amide bonds. The number of aliphatic carboxylic acids is 1. The lowest BCUT2D eigenvalue weighted by atomic mass is 10.1. The van der Waals surface area contributed by atoms with Crippen LogP contribution in [-0.2, 0) is 14.3 Å². The number of carboxylic acids is 1. The highest BCUT2D eigenvalue weighted by molar-refractivity contribution is 5.66. The van der Waals surface area contributed by atoms with Crippen molar-refractivity contribution in [3.05, 3.63) is 0 Å². The summed E-state index contributed by atoms with van der Waals surface area (Å²) in [7, 11) is 0. The summed E-state index contributed by atoms with van der Waals surface area (Å²) >= 11 is 0. The molecule has 116 valence electrons. The van der Waals surface area contributed by atoms with E-state index in [-0.39, 0.29) is 12.5 Å². The van der Waals surface area contributed by atoms with Gasteiger partial charge in [-0.15, -0.1) is 0 Å². The van der Waals surface area contributed by atoms with Crippen molar-refractivity contribution in [3.8, 4) is 0 Å². The number of morpholine rings is 1. The maximum absolute atomic E-state index is 10.4. The Hall–Kier alpha value is -0.690. The molecule has 0 bridgehead atoms. The number of hydrogen-bond donors (Lipinski definition) is 1. The second kappa shape index (κ2) is 8.56. The second-order valence-corrected chi connectivity index (χ2v) is 5.51. The van der Waals surface area contributed by atoms with E-state index in [1.54, 1.807) is 0 Å². The summed E-state index contributed by atoms with van der Waals surface area (Å²) in [6, 6.07) is 0. The van der Waals surface area contributed by atoms with Crippen molar-refractivity contribution in [1.29, 1.82) is 0 Å². The molecule has 2 aliphatic rings. The van der Waals surface area contributed by atoms with Gasteiger partial charge in [0.15, 0.2) is 0 Å². The third-order valence-electron chi connectivity index (χ3n) is 4.04. The second-order valence-electron chi connectivity index (χ2n) is 5.51. The van der Waals surface area contributed by atoms with Crippen LogP contribution in [0.2, 0.25) is 0 Å². The van der Waals surface area contributed by atoms with Gasteiger partial charge in [-0.2, -0.15) is 0 Å². The number of carboxylic acid groups (broad SMARTS) is 1. The van der Waals surface area contributed by atoms with Crippen LogP contribution in [0.15, 0.2) is 0 Å². The van der Waals surface area contributed by atoms with E-state index in [0.717, 1.165) is 65.3 Å². The summed E-state index contributed by atoms with van der Waals surface area (Å²) in [5.74, 6) is -0.784. The van der Waals surface area contributed by atoms with Crippen LogP contribution < -0.4 is 0 Å². The number of piperidine rings is 1. The fourth-order valence-electron chi connectivity index (χ4n) is 2.72. The Kier molecular flexibility index (Phi) is 6.72. The molecule has 0 aromatic rings. The van der Waals surface area contributed by atoms with E-state index >= 15 is 0 Å². The Morgan fingerprint density at radius 2 is 1.70 bits per heavy atom. The Morgan fingerprint density at radius 3 is 2.30 bits per heavy atom. The number of ether oxygens (including phenoxy) is 2. The van der Waals surface area contributed by atoms with E-state index in [1.807, 2.05) is 0 Å². The molecule has 0 aromatic carbocycles. The fraction of sp³-hybridized carbons (Fsp3) is 0.929. The van der Waals surface area contributed by atoms with Gasteiger partial charge in [-0.3, -0.25) is 9.69 Å². The first-order valence-corrected chi connectivity index (χ1v) is 7.60. The first kappa shape index (κ1) is 15.7. The molecule has 6 nitrogen and oxygen atoms in total. The maximum atomic E-state index is 10.4. The highest BCUT2D eigenvalue weighted by atomic mass is 16.5. The molecule has 2 rings (SSSR count). The molecular formula is C14H26N2O4. The topological polar surface area (TPSA) is 62.2 Å². The summed E-state index contributed by atoms with van der Waals surface area (Å²) in [6.45, 7) is 8.51. The van der Waals surface area contributed by atoms with Crippen LogP contribution in [0.1, 0.15) is 19.3 Å². The number of hydrogen-bond acceptors (Lipinski definition) is 5. The molecule has 0 saturated carbocycles. The molecule has 0 unspecified atom stereocenters. The standard InChI is InChI=1S/C14H26N2O4/c17-14(18)3-10-20-13-1-4-15(5-2-13)6-7-16-8-11-19-12-9-16/h13H,1-12H2,(H,17,18). The molecule has 0 spiro atoms. The highest BCUT2D eigenvalue weighted by Gasteiger charge is 2.20. The van der Waals surface area contributed by atoms with Gasteiger partial charge in [0.25, 0.3) is 0 Å². The number of carbonyl (C=O) groups is 1. The molecule has 6 heteroatoms. The third kappa shape index (κ3) is 5.75. The van der Waals surface area contributed by atoms with E-state index < -0.39 is 5.97 Å². The third-order valence-corrected chi connectivity index (χ3v) is 4.04. The predicted molar refractivity (Wildman–Crippen MR) is 74.9 cm³/mol. The lowest BCUT2D eigenvalue weighted by Gasteiger charge is -2.34. The van der Waals surface area contributed by atoms with Crippen LogP contribution >= 0.6 is 0 Å². The minimum atomic E-state index is -0.784. The van der Waals surface area contributed by atoms with Crippen molar-refractivity contribution < 1.29 is 19.4 Å². The first-order valence-electron chi connectivity index (χ1n) is 7.60. The van der Waals surface area contributed by atoms with Crippen LogP contribution in [0.5, 0.6) is 0 Å². The van der Waals surface area contributed by atoms with Crippen molar-refractivity contribution in [2.45, 2.75) is 25.4 Å². The smallest absolute Gasteiger partial charge is 0.305 e. The van der Waals surface area contributed by atoms with Crippen molar-refractivity contribution in [1.82, 2.24) is 9.80 Å². The Labute approximate surface area is 120 Å². The lowest BCUT2D eigenvalue weighted by molar-refractivity contribution is -0.138. The Balaban J connectivity index is 1.53. The van der Waals surface area contributed by atoms with Gasteiger partial charge in [0.1, 0.15) is 0 Å². The summed E-state index contributed by atoms with van der Waals surface area (Å²) < 4.78 is 10.9. The van der Waals surface area contributed by atoms with Gasteiger partial charge in [-0.1, -0.05) is 0 Å². The minimum absolute atomic E-state index is 0.108. The van der Waals surface area contributed by atoms with Crippen molar-refractivity contribution in [2.24, 2.45) is 0 Å². The van der Waals surface area contributed by atoms with Crippen LogP contribution in [-0.4, -0.2) is 86.1 Å². The number of rotatable bonds is 7. The molecule has 2 aliphatic heterocycles. The number of likely N-dealkylation sites (tertiary alicyclic amines) is 1. The van der Waals surface area contributed by atoms with Gasteiger partial charge in [-0.05, 0) is 12.8 Å². The van der Waals surface area contributed by atoms with E-state index in [0.29, 0.717) is 6.61 Å². The van der Waals surface area contributed by atoms with Gasteiger partial charge >= 0.3 is 5.97 Å². The average Bonchev–Trinajstić information content (AvgIpc) is 2.47. The molecule has 2 heterocycles. The largest absolute Gasteiger partial charge is 0.481 e. The quantitative estimate of drug-likeness (QED) is 0.725. The van der Waals surface area contributed by atoms with Crippen molar-refractivity contribution in [3.63, 3.8) is 0 Å². The fourth-order valence-corrected chi connectivity index (χ4v) is 2.72. The highest BCUT2D eigenvalue weighted by Crippen LogP contribution is 2.14. The monoisotopic (exact) mass is 286 g/mol. The summed E-state index contributed by atoms with van der Waals surface area (Å²) in [5.41, 5.74) is 0. The van der Waals surface area contributed by atoms with E-state index in [4.69, 9.17) is 14.6 Å². The van der Waals surface area contributed by atoms with Crippen LogP contribution in [0.25, 0.3) is 0 Å². The van der Waals surface area contributed by atoms with Crippen LogP contribution in [0.4, 0.5) is 0 Å². The number of nitrogens with zero attached hydrogens (tertiary/aromatic N) is 2. The Bertz CT molecular complexity index is 287. The van der Waals surface area contributed by atoms with E-state index in [1.165, 1.54) is 0 Å². The van der Waals surface area contributed by atoms with Gasteiger partial charge < -0.3 is 19.5 Å². The van der Waals surface area contributed by atoms with Crippen molar-refractivity contribution >= 4 is 5.97 Å². The predicted octanol–water partition coefficient (Wildman–Crippen LogP) is 0.274. The zero-order chi connectivity index (χ0) is 14.2. The molecule has 20 heavy (non-hydrogen) atoms. The SMILES string of the molecule is O=C(O)CCOC1CCN(CCN2CCOCC2)CC1.